The van der Waals surface area contributed by atoms with Gasteiger partial charge in [0, 0.05) is 24.6 Å². The van der Waals surface area contributed by atoms with Crippen LogP contribution < -0.4 is 5.32 Å². The first-order valence-electron chi connectivity index (χ1n) is 7.60. The topological polar surface area (TPSA) is 58.6 Å². The number of amides is 1. The van der Waals surface area contributed by atoms with Crippen molar-refractivity contribution in [2.45, 2.75) is 45.3 Å². The van der Waals surface area contributed by atoms with Gasteiger partial charge >= 0.3 is 0 Å². The third kappa shape index (κ3) is 3.83. The number of methoxy groups -OCH3 is 1. The molecule has 0 bridgehead atoms. The summed E-state index contributed by atoms with van der Waals surface area (Å²) in [6.07, 6.45) is 3.63. The van der Waals surface area contributed by atoms with Crippen molar-refractivity contribution in [2.24, 2.45) is 5.41 Å². The van der Waals surface area contributed by atoms with Gasteiger partial charge in [-0.3, -0.25) is 4.79 Å². The Kier molecular flexibility index (Phi) is 5.37. The molecule has 0 aromatic heterocycles. The lowest BCUT2D eigenvalue weighted by Gasteiger charge is -2.38. The van der Waals surface area contributed by atoms with Crippen LogP contribution in [-0.2, 0) is 11.3 Å². The van der Waals surface area contributed by atoms with E-state index in [2.05, 4.69) is 12.2 Å². The van der Waals surface area contributed by atoms with Crippen molar-refractivity contribution < 1.29 is 14.6 Å². The summed E-state index contributed by atoms with van der Waals surface area (Å²) in [5.74, 6) is -0.0957. The zero-order valence-corrected chi connectivity index (χ0v) is 12.9. The quantitative estimate of drug-likeness (QED) is 0.876. The molecule has 0 spiro atoms. The Hall–Kier alpha value is -1.39. The van der Waals surface area contributed by atoms with E-state index >= 15 is 0 Å². The molecule has 2 N–H and O–H groups in total. The molecule has 4 nitrogen and oxygen atoms in total. The summed E-state index contributed by atoms with van der Waals surface area (Å²) < 4.78 is 5.13. The van der Waals surface area contributed by atoms with E-state index in [0.29, 0.717) is 18.7 Å². The Bertz CT molecular complexity index is 489. The van der Waals surface area contributed by atoms with Gasteiger partial charge in [0.15, 0.2) is 0 Å². The molecule has 1 aliphatic rings. The number of benzene rings is 1. The minimum atomic E-state index is -0.333. The lowest BCUT2D eigenvalue weighted by atomic mass is 9.73. The Balaban J connectivity index is 2.01. The number of aliphatic hydroxyl groups is 1. The largest absolute Gasteiger partial charge is 0.392 e. The SMILES string of the molecule is COCc1ccccc1C(=O)NC[C@]1(C)CCCC[C@H]1O. The van der Waals surface area contributed by atoms with Crippen LogP contribution in [0, 0.1) is 5.41 Å². The molecule has 0 unspecified atom stereocenters. The predicted molar refractivity (Wildman–Crippen MR) is 82.1 cm³/mol. The van der Waals surface area contributed by atoms with Crippen LogP contribution >= 0.6 is 0 Å². The van der Waals surface area contributed by atoms with Crippen molar-refractivity contribution in [1.82, 2.24) is 5.32 Å². The third-order valence-electron chi connectivity index (χ3n) is 4.49. The molecule has 21 heavy (non-hydrogen) atoms. The van der Waals surface area contributed by atoms with E-state index < -0.39 is 0 Å². The van der Waals surface area contributed by atoms with Crippen LogP contribution in [0.5, 0.6) is 0 Å². The van der Waals surface area contributed by atoms with Crippen LogP contribution in [0.25, 0.3) is 0 Å². The van der Waals surface area contributed by atoms with Gasteiger partial charge < -0.3 is 15.2 Å². The van der Waals surface area contributed by atoms with Crippen LogP contribution in [0.2, 0.25) is 0 Å². The number of nitrogens with one attached hydrogen (secondary N) is 1. The van der Waals surface area contributed by atoms with E-state index in [1.54, 1.807) is 7.11 Å². The number of hydrogen-bond donors (Lipinski definition) is 2. The van der Waals surface area contributed by atoms with Gasteiger partial charge in [-0.25, -0.2) is 0 Å². The van der Waals surface area contributed by atoms with Crippen LogP contribution in [0.1, 0.15) is 48.5 Å². The van der Waals surface area contributed by atoms with Crippen molar-refractivity contribution in [3.63, 3.8) is 0 Å². The smallest absolute Gasteiger partial charge is 0.251 e. The number of carbonyl (C=O) groups excluding carboxylic acids is 1. The van der Waals surface area contributed by atoms with E-state index in [0.717, 1.165) is 31.2 Å². The molecule has 1 fully saturated rings. The van der Waals surface area contributed by atoms with Crippen molar-refractivity contribution >= 4 is 5.91 Å². The first-order valence-corrected chi connectivity index (χ1v) is 7.60. The van der Waals surface area contributed by atoms with E-state index in [-0.39, 0.29) is 17.4 Å². The van der Waals surface area contributed by atoms with E-state index in [4.69, 9.17) is 4.74 Å². The molecule has 2 rings (SSSR count). The van der Waals surface area contributed by atoms with Crippen LogP contribution in [0.4, 0.5) is 0 Å². The average Bonchev–Trinajstić information content (AvgIpc) is 2.49. The van der Waals surface area contributed by atoms with E-state index in [1.165, 1.54) is 0 Å². The number of rotatable bonds is 5. The molecule has 0 saturated heterocycles. The Morgan fingerprint density at radius 1 is 1.43 bits per heavy atom. The van der Waals surface area contributed by atoms with E-state index in [1.807, 2.05) is 24.3 Å². The second-order valence-electron chi connectivity index (χ2n) is 6.19. The molecule has 1 aliphatic carbocycles. The predicted octanol–water partition coefficient (Wildman–Crippen LogP) is 2.50. The summed E-state index contributed by atoms with van der Waals surface area (Å²) in [4.78, 5) is 12.4. The van der Waals surface area contributed by atoms with Gasteiger partial charge in [-0.1, -0.05) is 38.0 Å². The maximum atomic E-state index is 12.4. The number of hydrogen-bond acceptors (Lipinski definition) is 3. The maximum absolute atomic E-state index is 12.4. The highest BCUT2D eigenvalue weighted by atomic mass is 16.5. The Morgan fingerprint density at radius 2 is 2.19 bits per heavy atom. The zero-order chi connectivity index (χ0) is 15.3. The first kappa shape index (κ1) is 16.0. The maximum Gasteiger partial charge on any atom is 0.251 e. The van der Waals surface area contributed by atoms with Gasteiger partial charge in [0.25, 0.3) is 5.91 Å². The molecule has 1 saturated carbocycles. The summed E-state index contributed by atoms with van der Waals surface area (Å²) in [5, 5.41) is 13.2. The molecule has 116 valence electrons. The van der Waals surface area contributed by atoms with Crippen molar-refractivity contribution in [3.8, 4) is 0 Å². The van der Waals surface area contributed by atoms with Crippen molar-refractivity contribution in [3.05, 3.63) is 35.4 Å². The van der Waals surface area contributed by atoms with Crippen molar-refractivity contribution in [2.75, 3.05) is 13.7 Å². The van der Waals surface area contributed by atoms with Crippen LogP contribution in [-0.4, -0.2) is 30.8 Å². The minimum Gasteiger partial charge on any atom is -0.392 e. The standard InChI is InChI=1S/C17H25NO3/c1-17(10-6-5-9-15(17)19)12-18-16(20)14-8-4-3-7-13(14)11-21-2/h3-4,7-8,15,19H,5-6,9-12H2,1-2H3,(H,18,20)/t15-,17+/m1/s1. The molecule has 0 aliphatic heterocycles. The van der Waals surface area contributed by atoms with Crippen molar-refractivity contribution in [1.29, 1.82) is 0 Å². The molecule has 1 aromatic rings. The summed E-state index contributed by atoms with van der Waals surface area (Å²) >= 11 is 0. The molecule has 1 amide bonds. The monoisotopic (exact) mass is 291 g/mol. The summed E-state index contributed by atoms with van der Waals surface area (Å²) in [7, 11) is 1.62. The summed E-state index contributed by atoms with van der Waals surface area (Å²) in [5.41, 5.74) is 1.31. The fourth-order valence-corrected chi connectivity index (χ4v) is 2.99. The second-order valence-corrected chi connectivity index (χ2v) is 6.19. The molecular formula is C17H25NO3. The highest BCUT2D eigenvalue weighted by molar-refractivity contribution is 5.95. The van der Waals surface area contributed by atoms with Crippen LogP contribution in [0.15, 0.2) is 24.3 Å². The van der Waals surface area contributed by atoms with E-state index in [9.17, 15) is 9.90 Å². The van der Waals surface area contributed by atoms with Gasteiger partial charge in [0.2, 0.25) is 0 Å². The fraction of sp³-hybridized carbons (Fsp3) is 0.588. The second kappa shape index (κ2) is 7.05. The average molecular weight is 291 g/mol. The van der Waals surface area contributed by atoms with Crippen LogP contribution in [0.3, 0.4) is 0 Å². The Morgan fingerprint density at radius 3 is 2.90 bits per heavy atom. The minimum absolute atomic E-state index is 0.0957. The van der Waals surface area contributed by atoms with Gasteiger partial charge in [0.1, 0.15) is 0 Å². The third-order valence-corrected chi connectivity index (χ3v) is 4.49. The molecular weight excluding hydrogens is 266 g/mol. The summed E-state index contributed by atoms with van der Waals surface area (Å²) in [6.45, 7) is 2.98. The molecule has 0 radical (unpaired) electrons. The van der Waals surface area contributed by atoms with Gasteiger partial charge in [-0.05, 0) is 24.5 Å². The first-order chi connectivity index (χ1) is 10.1. The fourth-order valence-electron chi connectivity index (χ4n) is 2.99. The van der Waals surface area contributed by atoms with Gasteiger partial charge in [-0.2, -0.15) is 0 Å². The zero-order valence-electron chi connectivity index (χ0n) is 12.9. The normalized spacial score (nSPS) is 25.6. The molecule has 2 atom stereocenters. The van der Waals surface area contributed by atoms with Gasteiger partial charge in [-0.15, -0.1) is 0 Å². The Labute approximate surface area is 126 Å². The number of aliphatic hydroxyl groups excluding tert-OH is 1. The van der Waals surface area contributed by atoms with Gasteiger partial charge in [0.05, 0.1) is 12.7 Å². The molecule has 0 heterocycles. The lowest BCUT2D eigenvalue weighted by molar-refractivity contribution is 0.00189. The number of ether oxygens (including phenoxy) is 1. The highest BCUT2D eigenvalue weighted by Crippen LogP contribution is 2.35. The number of carbonyl (C=O) groups is 1. The molecule has 4 heteroatoms. The molecule has 1 aromatic carbocycles. The summed E-state index contributed by atoms with van der Waals surface area (Å²) in [6, 6.07) is 7.46. The lowest BCUT2D eigenvalue weighted by Crippen LogP contribution is -2.45. The highest BCUT2D eigenvalue weighted by Gasteiger charge is 2.35.